The summed E-state index contributed by atoms with van der Waals surface area (Å²) in [5.41, 5.74) is -0.968. The van der Waals surface area contributed by atoms with Crippen molar-refractivity contribution >= 4 is 35.6 Å². The summed E-state index contributed by atoms with van der Waals surface area (Å²) in [4.78, 5) is 34.1. The number of carbonyl (C=O) groups is 3. The van der Waals surface area contributed by atoms with Crippen LogP contribution in [0.25, 0.3) is 6.08 Å². The van der Waals surface area contributed by atoms with Crippen LogP contribution >= 0.6 is 11.6 Å². The third kappa shape index (κ3) is 7.56. The summed E-state index contributed by atoms with van der Waals surface area (Å²) in [6.45, 7) is 2.66. The highest BCUT2D eigenvalue weighted by Gasteiger charge is 2.33. The van der Waals surface area contributed by atoms with Crippen molar-refractivity contribution in [3.05, 3.63) is 40.4 Å². The molecule has 0 atom stereocenters. The molecule has 0 saturated carbocycles. The van der Waals surface area contributed by atoms with Crippen molar-refractivity contribution in [2.24, 2.45) is 0 Å². The number of hydrogen-bond donors (Lipinski definition) is 2. The van der Waals surface area contributed by atoms with Crippen LogP contribution in [-0.4, -0.2) is 30.6 Å². The van der Waals surface area contributed by atoms with Crippen molar-refractivity contribution in [2.45, 2.75) is 26.1 Å². The number of rotatable bonds is 5. The smallest absolute Gasteiger partial charge is 0.417 e. The van der Waals surface area contributed by atoms with E-state index in [1.165, 1.54) is 6.07 Å². The molecule has 0 radical (unpaired) electrons. The Morgan fingerprint density at radius 2 is 1.92 bits per heavy atom. The highest BCUT2D eigenvalue weighted by atomic mass is 35.5. The number of imide groups is 1. The van der Waals surface area contributed by atoms with Crippen molar-refractivity contribution in [3.8, 4) is 0 Å². The molecule has 0 saturated heterocycles. The van der Waals surface area contributed by atoms with Gasteiger partial charge in [0.15, 0.2) is 6.61 Å². The van der Waals surface area contributed by atoms with Gasteiger partial charge in [0.2, 0.25) is 0 Å². The van der Waals surface area contributed by atoms with Gasteiger partial charge in [-0.1, -0.05) is 17.7 Å². The molecule has 0 bridgehead atoms. The van der Waals surface area contributed by atoms with E-state index in [0.717, 1.165) is 24.3 Å². The van der Waals surface area contributed by atoms with Crippen LogP contribution in [0, 0.1) is 0 Å². The van der Waals surface area contributed by atoms with E-state index in [1.54, 1.807) is 13.8 Å². The van der Waals surface area contributed by atoms with E-state index in [9.17, 15) is 27.6 Å². The van der Waals surface area contributed by atoms with Crippen LogP contribution in [0.1, 0.15) is 25.0 Å². The van der Waals surface area contributed by atoms with Crippen molar-refractivity contribution in [2.75, 3.05) is 6.61 Å². The number of esters is 1. The summed E-state index contributed by atoms with van der Waals surface area (Å²) >= 11 is 5.49. The Kier molecular flexibility index (Phi) is 7.63. The fraction of sp³-hybridized carbons (Fsp3) is 0.312. The molecule has 1 aromatic rings. The third-order valence-corrected chi connectivity index (χ3v) is 3.06. The first kappa shape index (κ1) is 21.5. The highest BCUT2D eigenvalue weighted by Crippen LogP contribution is 2.35. The van der Waals surface area contributed by atoms with Gasteiger partial charge in [-0.2, -0.15) is 13.2 Å². The number of halogens is 4. The summed E-state index contributed by atoms with van der Waals surface area (Å²) < 4.78 is 42.8. The lowest BCUT2D eigenvalue weighted by atomic mass is 10.1. The topological polar surface area (TPSA) is 84.5 Å². The first-order chi connectivity index (χ1) is 12.0. The van der Waals surface area contributed by atoms with Crippen LogP contribution in [0.4, 0.5) is 18.0 Å². The number of carbonyl (C=O) groups excluding carboxylic acids is 3. The molecular formula is C16H16ClF3N2O4. The molecule has 3 amide bonds. The van der Waals surface area contributed by atoms with Crippen molar-refractivity contribution in [3.63, 3.8) is 0 Å². The highest BCUT2D eigenvalue weighted by molar-refractivity contribution is 6.31. The number of alkyl halides is 3. The summed E-state index contributed by atoms with van der Waals surface area (Å²) in [5, 5.41) is 3.88. The lowest BCUT2D eigenvalue weighted by Crippen LogP contribution is -2.43. The summed E-state index contributed by atoms with van der Waals surface area (Å²) in [6, 6.07) is 2.18. The van der Waals surface area contributed by atoms with Crippen LogP contribution in [0.5, 0.6) is 0 Å². The lowest BCUT2D eigenvalue weighted by Gasteiger charge is -2.09. The van der Waals surface area contributed by atoms with Gasteiger partial charge in [0, 0.05) is 12.1 Å². The molecule has 142 valence electrons. The maximum Gasteiger partial charge on any atom is 0.417 e. The van der Waals surface area contributed by atoms with Gasteiger partial charge in [-0.15, -0.1) is 0 Å². The molecule has 0 aliphatic rings. The van der Waals surface area contributed by atoms with Crippen LogP contribution in [0.2, 0.25) is 5.02 Å². The average Bonchev–Trinajstić information content (AvgIpc) is 2.50. The lowest BCUT2D eigenvalue weighted by molar-refractivity contribution is -0.143. The Morgan fingerprint density at radius 1 is 1.27 bits per heavy atom. The normalized spacial score (nSPS) is 11.5. The molecule has 10 heteroatoms. The molecule has 0 fully saturated rings. The zero-order chi connectivity index (χ0) is 19.9. The largest absolute Gasteiger partial charge is 0.452 e. The number of ether oxygens (including phenoxy) is 1. The Hall–Kier alpha value is -2.55. The number of urea groups is 1. The zero-order valence-electron chi connectivity index (χ0n) is 13.8. The third-order valence-electron chi connectivity index (χ3n) is 2.73. The Morgan fingerprint density at radius 3 is 2.50 bits per heavy atom. The standard InChI is InChI=1S/C16H16ClF3N2O4/c1-9(2)21-15(25)22-13(23)8-26-14(24)6-4-10-3-5-12(17)11(7-10)16(18,19)20/h3-7,9H,8H2,1-2H3,(H2,21,22,23,25)/b6-4+. The minimum absolute atomic E-state index is 0.0689. The second-order valence-corrected chi connectivity index (χ2v) is 5.76. The summed E-state index contributed by atoms with van der Waals surface area (Å²) in [6.07, 6.45) is -2.70. The van der Waals surface area contributed by atoms with Gasteiger partial charge in [-0.3, -0.25) is 10.1 Å². The molecule has 0 spiro atoms. The van der Waals surface area contributed by atoms with E-state index < -0.39 is 41.3 Å². The zero-order valence-corrected chi connectivity index (χ0v) is 14.6. The maximum atomic E-state index is 12.7. The molecule has 0 unspecified atom stereocenters. The van der Waals surface area contributed by atoms with Gasteiger partial charge in [0.05, 0.1) is 10.6 Å². The Bertz CT molecular complexity index is 718. The van der Waals surface area contributed by atoms with E-state index in [2.05, 4.69) is 10.1 Å². The van der Waals surface area contributed by atoms with E-state index in [0.29, 0.717) is 0 Å². The van der Waals surface area contributed by atoms with Crippen molar-refractivity contribution in [1.82, 2.24) is 10.6 Å². The molecule has 0 aliphatic carbocycles. The molecule has 0 aromatic heterocycles. The fourth-order valence-electron chi connectivity index (χ4n) is 1.67. The molecule has 2 N–H and O–H groups in total. The van der Waals surface area contributed by atoms with Crippen LogP contribution in [0.3, 0.4) is 0 Å². The quantitative estimate of drug-likeness (QED) is 0.595. The SMILES string of the molecule is CC(C)NC(=O)NC(=O)COC(=O)/C=C/c1ccc(Cl)c(C(F)(F)F)c1. The number of nitrogens with one attached hydrogen (secondary N) is 2. The fourth-order valence-corrected chi connectivity index (χ4v) is 1.90. The molecule has 26 heavy (non-hydrogen) atoms. The predicted octanol–water partition coefficient (Wildman–Crippen LogP) is 3.15. The Labute approximate surface area is 152 Å². The van der Waals surface area contributed by atoms with Gasteiger partial charge >= 0.3 is 18.2 Å². The van der Waals surface area contributed by atoms with Gasteiger partial charge in [0.25, 0.3) is 5.91 Å². The number of hydrogen-bond acceptors (Lipinski definition) is 4. The van der Waals surface area contributed by atoms with Gasteiger partial charge in [0.1, 0.15) is 0 Å². The molecule has 1 aromatic carbocycles. The average molecular weight is 393 g/mol. The molecule has 6 nitrogen and oxygen atoms in total. The van der Waals surface area contributed by atoms with Crippen molar-refractivity contribution < 1.29 is 32.3 Å². The first-order valence-electron chi connectivity index (χ1n) is 7.31. The van der Waals surface area contributed by atoms with Crippen LogP contribution in [0.15, 0.2) is 24.3 Å². The molecular weight excluding hydrogens is 377 g/mol. The van der Waals surface area contributed by atoms with Crippen molar-refractivity contribution in [1.29, 1.82) is 0 Å². The summed E-state index contributed by atoms with van der Waals surface area (Å²) in [7, 11) is 0. The van der Waals surface area contributed by atoms with Crippen LogP contribution in [-0.2, 0) is 20.5 Å². The number of amides is 3. The summed E-state index contributed by atoms with van der Waals surface area (Å²) in [5.74, 6) is -1.82. The second-order valence-electron chi connectivity index (χ2n) is 5.35. The van der Waals surface area contributed by atoms with Gasteiger partial charge in [-0.05, 0) is 37.6 Å². The molecule has 1 rings (SSSR count). The second kappa shape index (κ2) is 9.23. The number of benzene rings is 1. The minimum Gasteiger partial charge on any atom is -0.452 e. The Balaban J connectivity index is 2.58. The van der Waals surface area contributed by atoms with E-state index in [4.69, 9.17) is 11.6 Å². The minimum atomic E-state index is -4.63. The predicted molar refractivity (Wildman–Crippen MR) is 88.3 cm³/mol. The molecule has 0 heterocycles. The van der Waals surface area contributed by atoms with Crippen LogP contribution < -0.4 is 10.6 Å². The maximum absolute atomic E-state index is 12.7. The monoisotopic (exact) mass is 392 g/mol. The van der Waals surface area contributed by atoms with Gasteiger partial charge < -0.3 is 10.1 Å². The van der Waals surface area contributed by atoms with E-state index >= 15 is 0 Å². The molecule has 0 aliphatic heterocycles. The van der Waals surface area contributed by atoms with E-state index in [-0.39, 0.29) is 11.6 Å². The van der Waals surface area contributed by atoms with E-state index in [1.807, 2.05) is 5.32 Å². The first-order valence-corrected chi connectivity index (χ1v) is 7.68. The van der Waals surface area contributed by atoms with Gasteiger partial charge in [-0.25, -0.2) is 9.59 Å².